The second kappa shape index (κ2) is 9.26. The van der Waals surface area contributed by atoms with Gasteiger partial charge in [0, 0.05) is 17.7 Å². The fourth-order valence-electron chi connectivity index (χ4n) is 4.20. The van der Waals surface area contributed by atoms with Crippen molar-refractivity contribution < 1.29 is 24.5 Å². The molecule has 188 valence electrons. The van der Waals surface area contributed by atoms with Crippen LogP contribution in [-0.4, -0.2) is 20.9 Å². The lowest BCUT2D eigenvalue weighted by Gasteiger charge is -2.28. The number of phenols is 3. The normalized spacial score (nSPS) is 13.7. The van der Waals surface area contributed by atoms with Gasteiger partial charge in [-0.1, -0.05) is 23.3 Å². The third-order valence-electron chi connectivity index (χ3n) is 6.16. The first-order valence-corrected chi connectivity index (χ1v) is 11.9. The van der Waals surface area contributed by atoms with Crippen LogP contribution in [0.3, 0.4) is 0 Å². The molecule has 1 aliphatic heterocycles. The van der Waals surface area contributed by atoms with E-state index in [-0.39, 0.29) is 45.8 Å². The molecular weight excluding hydrogens is 456 g/mol. The summed E-state index contributed by atoms with van der Waals surface area (Å²) in [6, 6.07) is 4.51. The van der Waals surface area contributed by atoms with E-state index in [0.717, 1.165) is 11.1 Å². The van der Waals surface area contributed by atoms with E-state index in [0.29, 0.717) is 34.4 Å². The monoisotopic (exact) mass is 488 g/mol. The molecule has 3 N–H and O–H groups in total. The summed E-state index contributed by atoms with van der Waals surface area (Å²) in [4.78, 5) is 13.8. The van der Waals surface area contributed by atoms with Crippen molar-refractivity contribution in [3.63, 3.8) is 0 Å². The van der Waals surface area contributed by atoms with Crippen molar-refractivity contribution >= 4 is 17.0 Å². The van der Waals surface area contributed by atoms with Gasteiger partial charge in [0.2, 0.25) is 5.43 Å². The average molecular weight is 489 g/mol. The van der Waals surface area contributed by atoms with Crippen molar-refractivity contribution in [2.75, 3.05) is 0 Å². The Hall–Kier alpha value is -3.93. The molecule has 0 amide bonds. The van der Waals surface area contributed by atoms with Gasteiger partial charge in [0.1, 0.15) is 45.3 Å². The fourth-order valence-corrected chi connectivity index (χ4v) is 4.20. The van der Waals surface area contributed by atoms with Crippen LogP contribution in [0.15, 0.2) is 56.8 Å². The molecule has 0 atom stereocenters. The Balaban J connectivity index is 2.04. The molecule has 2 heterocycles. The third-order valence-corrected chi connectivity index (χ3v) is 6.16. The van der Waals surface area contributed by atoms with Crippen LogP contribution in [0.4, 0.5) is 0 Å². The zero-order chi connectivity index (χ0) is 26.4. The van der Waals surface area contributed by atoms with Crippen LogP contribution < -0.4 is 10.2 Å². The van der Waals surface area contributed by atoms with Crippen LogP contribution in [0.25, 0.3) is 28.4 Å². The highest BCUT2D eigenvalue weighted by Crippen LogP contribution is 2.43. The number of hydrogen-bond donors (Lipinski definition) is 3. The second-order valence-electron chi connectivity index (χ2n) is 10.3. The first kappa shape index (κ1) is 25.2. The molecule has 0 aliphatic carbocycles. The minimum Gasteiger partial charge on any atom is -0.508 e. The summed E-state index contributed by atoms with van der Waals surface area (Å²) >= 11 is 0. The van der Waals surface area contributed by atoms with Gasteiger partial charge in [-0.15, -0.1) is 0 Å². The summed E-state index contributed by atoms with van der Waals surface area (Å²) in [5.41, 5.74) is 2.87. The van der Waals surface area contributed by atoms with Gasteiger partial charge in [0.15, 0.2) is 0 Å². The molecule has 6 nitrogen and oxygen atoms in total. The number of ether oxygens (including phenoxy) is 1. The van der Waals surface area contributed by atoms with Crippen molar-refractivity contribution in [3.05, 3.63) is 74.5 Å². The van der Waals surface area contributed by atoms with Crippen molar-refractivity contribution in [1.82, 2.24) is 0 Å². The molecule has 3 aromatic rings. The zero-order valence-electron chi connectivity index (χ0n) is 21.5. The van der Waals surface area contributed by atoms with Gasteiger partial charge >= 0.3 is 0 Å². The molecule has 0 saturated heterocycles. The van der Waals surface area contributed by atoms with E-state index in [1.807, 2.05) is 59.8 Å². The molecule has 36 heavy (non-hydrogen) atoms. The number of rotatable bonds is 5. The summed E-state index contributed by atoms with van der Waals surface area (Å²) in [7, 11) is 0. The van der Waals surface area contributed by atoms with Crippen molar-refractivity contribution in [3.8, 4) is 34.3 Å². The van der Waals surface area contributed by atoms with Crippen LogP contribution in [-0.2, 0) is 12.8 Å². The van der Waals surface area contributed by atoms with E-state index < -0.39 is 5.60 Å². The highest BCUT2D eigenvalue weighted by Gasteiger charge is 2.28. The SMILES string of the molecule is CC(C)=CCc1cc(-c2oc3cc4c(c(O)c3c(=O)c2CC=C(C)C)C=CC(C)(C)O4)c(O)cc1O. The summed E-state index contributed by atoms with van der Waals surface area (Å²) < 4.78 is 12.3. The van der Waals surface area contributed by atoms with Crippen molar-refractivity contribution in [2.45, 2.75) is 60.0 Å². The Morgan fingerprint density at radius 1 is 0.944 bits per heavy atom. The number of hydrogen-bond acceptors (Lipinski definition) is 6. The minimum absolute atomic E-state index is 0.0446. The van der Waals surface area contributed by atoms with Crippen molar-refractivity contribution in [2.24, 2.45) is 0 Å². The Morgan fingerprint density at radius 3 is 2.28 bits per heavy atom. The molecule has 4 rings (SSSR count). The molecular formula is C30H32O6. The Bertz CT molecular complexity index is 1510. The quantitative estimate of drug-likeness (QED) is 0.342. The molecule has 1 aliphatic rings. The molecule has 2 aromatic carbocycles. The number of benzene rings is 2. The van der Waals surface area contributed by atoms with E-state index in [1.165, 1.54) is 6.07 Å². The number of allylic oxidation sites excluding steroid dienone is 4. The Morgan fingerprint density at radius 2 is 1.61 bits per heavy atom. The average Bonchev–Trinajstić information content (AvgIpc) is 2.76. The van der Waals surface area contributed by atoms with Gasteiger partial charge in [-0.05, 0) is 78.2 Å². The van der Waals surface area contributed by atoms with E-state index in [4.69, 9.17) is 9.15 Å². The summed E-state index contributed by atoms with van der Waals surface area (Å²) in [5.74, 6) is 0.129. The maximum atomic E-state index is 13.8. The third kappa shape index (κ3) is 4.76. The smallest absolute Gasteiger partial charge is 0.200 e. The lowest BCUT2D eigenvalue weighted by molar-refractivity contribution is 0.158. The Kier molecular flexibility index (Phi) is 6.48. The molecule has 0 fully saturated rings. The van der Waals surface area contributed by atoms with Crippen LogP contribution in [0.1, 0.15) is 58.2 Å². The highest BCUT2D eigenvalue weighted by atomic mass is 16.5. The fraction of sp³-hybridized carbons (Fsp3) is 0.300. The highest BCUT2D eigenvalue weighted by molar-refractivity contribution is 5.92. The predicted molar refractivity (Wildman–Crippen MR) is 143 cm³/mol. The van der Waals surface area contributed by atoms with Crippen LogP contribution in [0, 0.1) is 0 Å². The summed E-state index contributed by atoms with van der Waals surface area (Å²) in [6.07, 6.45) is 8.13. The van der Waals surface area contributed by atoms with Crippen LogP contribution in [0.2, 0.25) is 0 Å². The van der Waals surface area contributed by atoms with E-state index in [1.54, 1.807) is 18.2 Å². The lowest BCUT2D eigenvalue weighted by Crippen LogP contribution is -2.27. The van der Waals surface area contributed by atoms with Crippen molar-refractivity contribution in [1.29, 1.82) is 0 Å². The minimum atomic E-state index is -0.589. The number of aromatic hydroxyl groups is 3. The van der Waals surface area contributed by atoms with Gasteiger partial charge < -0.3 is 24.5 Å². The van der Waals surface area contributed by atoms with Crippen LogP contribution in [0.5, 0.6) is 23.0 Å². The van der Waals surface area contributed by atoms with Gasteiger partial charge in [0.25, 0.3) is 0 Å². The molecule has 0 radical (unpaired) electrons. The molecule has 6 heteroatoms. The summed E-state index contributed by atoms with van der Waals surface area (Å²) in [6.45, 7) is 11.6. The summed E-state index contributed by atoms with van der Waals surface area (Å²) in [5, 5.41) is 32.3. The number of phenolic OH excluding ortho intramolecular Hbond substituents is 3. The topological polar surface area (TPSA) is 100 Å². The van der Waals surface area contributed by atoms with Gasteiger partial charge in [-0.3, -0.25) is 4.79 Å². The van der Waals surface area contributed by atoms with Crippen LogP contribution >= 0.6 is 0 Å². The molecule has 0 spiro atoms. The Labute approximate surface area is 210 Å². The molecule has 1 aromatic heterocycles. The van der Waals surface area contributed by atoms with Gasteiger partial charge in [-0.2, -0.15) is 0 Å². The molecule has 0 unspecified atom stereocenters. The standard InChI is InChI=1S/C30H32O6/c1-16(2)7-9-18-13-21(23(32)14-22(18)31)29-20(10-8-17(3)4)28(34)26-25(35-29)15-24-19(27(26)33)11-12-30(5,6)36-24/h7-8,11-15,31-33H,9-10H2,1-6H3. The molecule has 0 saturated carbocycles. The maximum absolute atomic E-state index is 13.8. The van der Waals surface area contributed by atoms with E-state index in [2.05, 4.69) is 0 Å². The van der Waals surface area contributed by atoms with E-state index in [9.17, 15) is 20.1 Å². The first-order valence-electron chi connectivity index (χ1n) is 11.9. The first-order chi connectivity index (χ1) is 16.9. The van der Waals surface area contributed by atoms with Gasteiger partial charge in [-0.25, -0.2) is 0 Å². The zero-order valence-corrected chi connectivity index (χ0v) is 21.5. The van der Waals surface area contributed by atoms with Gasteiger partial charge in [0.05, 0.1) is 11.1 Å². The molecule has 0 bridgehead atoms. The second-order valence-corrected chi connectivity index (χ2v) is 10.3. The maximum Gasteiger partial charge on any atom is 0.200 e. The predicted octanol–water partition coefficient (Wildman–Crippen LogP) is 6.78. The number of fused-ring (bicyclic) bond motifs is 2. The largest absolute Gasteiger partial charge is 0.508 e. The van der Waals surface area contributed by atoms with E-state index >= 15 is 0 Å². The lowest BCUT2D eigenvalue weighted by atomic mass is 9.95.